The minimum Gasteiger partial charge on any atom is -0.503 e. The summed E-state index contributed by atoms with van der Waals surface area (Å²) >= 11 is 5.57. The molecule has 0 atom stereocenters. The van der Waals surface area contributed by atoms with E-state index in [1.807, 2.05) is 0 Å². The first-order chi connectivity index (χ1) is 6.65. The maximum Gasteiger partial charge on any atom is 0.224 e. The average molecular weight is 216 g/mol. The largest absolute Gasteiger partial charge is 0.503 e. The van der Waals surface area contributed by atoms with Crippen LogP contribution in [0.4, 0.5) is 5.82 Å². The molecule has 76 valence electrons. The van der Waals surface area contributed by atoms with Crippen LogP contribution in [0.5, 0.6) is 5.75 Å². The van der Waals surface area contributed by atoms with Gasteiger partial charge in [0.05, 0.1) is 18.3 Å². The third-order valence-corrected chi connectivity index (χ3v) is 2.46. The smallest absolute Gasteiger partial charge is 0.224 e. The Morgan fingerprint density at radius 3 is 2.86 bits per heavy atom. The van der Waals surface area contributed by atoms with E-state index in [2.05, 4.69) is 15.3 Å². The van der Waals surface area contributed by atoms with Crippen molar-refractivity contribution < 1.29 is 10.2 Å². The van der Waals surface area contributed by atoms with Crippen LogP contribution in [0.25, 0.3) is 0 Å². The van der Waals surface area contributed by atoms with E-state index < -0.39 is 0 Å². The van der Waals surface area contributed by atoms with Gasteiger partial charge in [0.1, 0.15) is 0 Å². The van der Waals surface area contributed by atoms with Crippen LogP contribution in [0.2, 0.25) is 5.28 Å². The van der Waals surface area contributed by atoms with Gasteiger partial charge in [-0.2, -0.15) is 4.98 Å². The quantitative estimate of drug-likeness (QED) is 0.650. The molecule has 1 aromatic heterocycles. The van der Waals surface area contributed by atoms with Gasteiger partial charge in [-0.3, -0.25) is 0 Å². The first-order valence-electron chi connectivity index (χ1n) is 4.26. The second-order valence-electron chi connectivity index (χ2n) is 3.44. The number of hydrogen-bond acceptors (Lipinski definition) is 5. The van der Waals surface area contributed by atoms with Crippen LogP contribution < -0.4 is 5.32 Å². The number of halogens is 1. The van der Waals surface area contributed by atoms with Gasteiger partial charge in [0.25, 0.3) is 0 Å². The van der Waals surface area contributed by atoms with E-state index in [0.29, 0.717) is 0 Å². The molecule has 1 fully saturated rings. The fourth-order valence-corrected chi connectivity index (χ4v) is 1.30. The Morgan fingerprint density at radius 1 is 1.57 bits per heavy atom. The van der Waals surface area contributed by atoms with Gasteiger partial charge >= 0.3 is 0 Å². The molecule has 0 saturated heterocycles. The van der Waals surface area contributed by atoms with Crippen molar-refractivity contribution in [2.24, 2.45) is 0 Å². The summed E-state index contributed by atoms with van der Waals surface area (Å²) in [4.78, 5) is 7.45. The third kappa shape index (κ3) is 1.73. The van der Waals surface area contributed by atoms with E-state index in [9.17, 15) is 5.11 Å². The molecule has 0 amide bonds. The van der Waals surface area contributed by atoms with Gasteiger partial charge < -0.3 is 15.5 Å². The fourth-order valence-electron chi connectivity index (χ4n) is 1.17. The second-order valence-corrected chi connectivity index (χ2v) is 3.77. The van der Waals surface area contributed by atoms with E-state index in [0.717, 1.165) is 12.8 Å². The molecule has 0 unspecified atom stereocenters. The predicted molar refractivity (Wildman–Crippen MR) is 51.4 cm³/mol. The van der Waals surface area contributed by atoms with Gasteiger partial charge in [-0.25, -0.2) is 4.98 Å². The lowest BCUT2D eigenvalue weighted by Crippen LogP contribution is -2.26. The van der Waals surface area contributed by atoms with Crippen LogP contribution in [0.15, 0.2) is 6.20 Å². The summed E-state index contributed by atoms with van der Waals surface area (Å²) in [5.74, 6) is 0.214. The minimum atomic E-state index is -0.324. The molecule has 5 nitrogen and oxygen atoms in total. The van der Waals surface area contributed by atoms with Crippen LogP contribution in [-0.4, -0.2) is 32.3 Å². The Kier molecular flexibility index (Phi) is 2.20. The topological polar surface area (TPSA) is 78.3 Å². The molecule has 0 radical (unpaired) electrons. The molecule has 0 bridgehead atoms. The van der Waals surface area contributed by atoms with Crippen molar-refractivity contribution in [2.45, 2.75) is 18.4 Å². The molecule has 1 saturated carbocycles. The lowest BCUT2D eigenvalue weighted by Gasteiger charge is -2.15. The van der Waals surface area contributed by atoms with Crippen molar-refractivity contribution in [3.63, 3.8) is 0 Å². The molecule has 0 spiro atoms. The maximum absolute atomic E-state index is 9.39. The van der Waals surface area contributed by atoms with Crippen molar-refractivity contribution in [1.29, 1.82) is 0 Å². The third-order valence-electron chi connectivity index (χ3n) is 2.28. The summed E-state index contributed by atoms with van der Waals surface area (Å²) in [6.07, 6.45) is 2.96. The van der Waals surface area contributed by atoms with Crippen LogP contribution >= 0.6 is 11.6 Å². The zero-order valence-corrected chi connectivity index (χ0v) is 8.12. The first-order valence-corrected chi connectivity index (χ1v) is 4.64. The minimum absolute atomic E-state index is 0.0219. The van der Waals surface area contributed by atoms with Crippen LogP contribution in [0.1, 0.15) is 12.8 Å². The molecule has 1 aliphatic carbocycles. The summed E-state index contributed by atoms with van der Waals surface area (Å²) in [7, 11) is 0. The van der Waals surface area contributed by atoms with Gasteiger partial charge in [-0.1, -0.05) is 0 Å². The van der Waals surface area contributed by atoms with E-state index in [-0.39, 0.29) is 29.0 Å². The van der Waals surface area contributed by atoms with Crippen molar-refractivity contribution in [3.05, 3.63) is 11.5 Å². The molecule has 6 heteroatoms. The molecule has 0 aliphatic heterocycles. The Morgan fingerprint density at radius 2 is 2.29 bits per heavy atom. The normalized spacial score (nSPS) is 17.9. The number of rotatable bonds is 3. The molecule has 1 aliphatic rings. The second kappa shape index (κ2) is 3.25. The zero-order chi connectivity index (χ0) is 10.2. The molecular weight excluding hydrogens is 206 g/mol. The van der Waals surface area contributed by atoms with E-state index in [1.165, 1.54) is 6.20 Å². The fraction of sp³-hybridized carbons (Fsp3) is 0.500. The Labute approximate surface area is 85.8 Å². The van der Waals surface area contributed by atoms with Gasteiger partial charge in [0, 0.05) is 0 Å². The molecule has 1 heterocycles. The van der Waals surface area contributed by atoms with Crippen LogP contribution in [0, 0.1) is 0 Å². The number of aliphatic hydroxyl groups is 1. The lowest BCUT2D eigenvalue weighted by atomic mass is 10.3. The van der Waals surface area contributed by atoms with Crippen molar-refractivity contribution in [2.75, 3.05) is 11.9 Å². The number of anilines is 1. The Bertz CT molecular complexity index is 354. The highest BCUT2D eigenvalue weighted by molar-refractivity contribution is 6.28. The lowest BCUT2D eigenvalue weighted by molar-refractivity contribution is 0.265. The van der Waals surface area contributed by atoms with Gasteiger partial charge in [-0.15, -0.1) is 0 Å². The highest BCUT2D eigenvalue weighted by Crippen LogP contribution is 2.39. The van der Waals surface area contributed by atoms with E-state index in [1.54, 1.807) is 0 Å². The standard InChI is InChI=1S/C8H10ClN3O2/c9-7-10-3-5(14)6(11-7)12-8(4-13)1-2-8/h3,13-14H,1-2,4H2,(H,10,11,12). The predicted octanol–water partition coefficient (Wildman–Crippen LogP) is 0.772. The number of aromatic nitrogens is 2. The summed E-state index contributed by atoms with van der Waals surface area (Å²) in [6, 6.07) is 0. The molecule has 14 heavy (non-hydrogen) atoms. The van der Waals surface area contributed by atoms with E-state index >= 15 is 0 Å². The highest BCUT2D eigenvalue weighted by atomic mass is 35.5. The van der Waals surface area contributed by atoms with Crippen LogP contribution in [-0.2, 0) is 0 Å². The molecule has 2 rings (SSSR count). The van der Waals surface area contributed by atoms with Crippen molar-refractivity contribution in [1.82, 2.24) is 9.97 Å². The summed E-state index contributed by atoms with van der Waals surface area (Å²) in [5, 5.41) is 21.5. The maximum atomic E-state index is 9.39. The number of nitrogens with zero attached hydrogens (tertiary/aromatic N) is 2. The number of aliphatic hydroxyl groups excluding tert-OH is 1. The summed E-state index contributed by atoms with van der Waals surface area (Å²) < 4.78 is 0. The number of hydrogen-bond donors (Lipinski definition) is 3. The van der Waals surface area contributed by atoms with Gasteiger partial charge in [-0.05, 0) is 24.4 Å². The number of nitrogens with one attached hydrogen (secondary N) is 1. The molecule has 3 N–H and O–H groups in total. The summed E-state index contributed by atoms with van der Waals surface area (Å²) in [5.41, 5.74) is -0.324. The SMILES string of the molecule is OCC1(Nc2nc(Cl)ncc2O)CC1. The molecule has 0 aromatic carbocycles. The average Bonchev–Trinajstić information content (AvgIpc) is 2.92. The molecular formula is C8H10ClN3O2. The highest BCUT2D eigenvalue weighted by Gasteiger charge is 2.42. The first kappa shape index (κ1) is 9.48. The van der Waals surface area contributed by atoms with Gasteiger partial charge in [0.2, 0.25) is 5.28 Å². The zero-order valence-electron chi connectivity index (χ0n) is 7.37. The monoisotopic (exact) mass is 215 g/mol. The Hall–Kier alpha value is -1.07. The van der Waals surface area contributed by atoms with Crippen molar-refractivity contribution in [3.8, 4) is 5.75 Å². The van der Waals surface area contributed by atoms with Crippen molar-refractivity contribution >= 4 is 17.4 Å². The summed E-state index contributed by atoms with van der Waals surface area (Å²) in [6.45, 7) is 0.0219. The van der Waals surface area contributed by atoms with E-state index in [4.69, 9.17) is 16.7 Å². The van der Waals surface area contributed by atoms with Gasteiger partial charge in [0.15, 0.2) is 11.6 Å². The Balaban J connectivity index is 2.20. The molecule has 1 aromatic rings. The van der Waals surface area contributed by atoms with Crippen LogP contribution in [0.3, 0.4) is 0 Å². The number of aromatic hydroxyl groups is 1.